The molecule has 2 rings (SSSR count). The van der Waals surface area contributed by atoms with Crippen LogP contribution in [0.4, 0.5) is 4.79 Å². The average molecular weight is 431 g/mol. The number of hydrogen-bond acceptors (Lipinski definition) is 3. The van der Waals surface area contributed by atoms with Crippen molar-refractivity contribution in [3.63, 3.8) is 0 Å². The van der Waals surface area contributed by atoms with Crippen LogP contribution in [0.5, 0.6) is 0 Å². The Bertz CT molecular complexity index is 635. The molecule has 5 heteroatoms. The minimum atomic E-state index is -0.879. The molecule has 5 nitrogen and oxygen atoms in total. The van der Waals surface area contributed by atoms with Crippen molar-refractivity contribution in [2.75, 3.05) is 0 Å². The van der Waals surface area contributed by atoms with Crippen molar-refractivity contribution in [3.8, 4) is 0 Å². The van der Waals surface area contributed by atoms with E-state index in [4.69, 9.17) is 4.74 Å². The highest BCUT2D eigenvalue weighted by Crippen LogP contribution is 2.25. The average Bonchev–Trinajstić information content (AvgIpc) is 3.08. The van der Waals surface area contributed by atoms with Crippen molar-refractivity contribution in [3.05, 3.63) is 35.9 Å². The van der Waals surface area contributed by atoms with Gasteiger partial charge in [-0.1, -0.05) is 115 Å². The number of urea groups is 1. The summed E-state index contributed by atoms with van der Waals surface area (Å²) in [6.07, 6.45) is 14.8. The second-order valence-electron chi connectivity index (χ2n) is 8.93. The molecular formula is C26H42N2O3. The summed E-state index contributed by atoms with van der Waals surface area (Å²) in [6, 6.07) is 9.75. The van der Waals surface area contributed by atoms with E-state index in [9.17, 15) is 9.59 Å². The highest BCUT2D eigenvalue weighted by atomic mass is 16.5. The minimum Gasteiger partial charge on any atom is -0.346 e. The lowest BCUT2D eigenvalue weighted by molar-refractivity contribution is -0.134. The van der Waals surface area contributed by atoms with Gasteiger partial charge >= 0.3 is 6.03 Å². The minimum absolute atomic E-state index is 0.0899. The maximum absolute atomic E-state index is 12.0. The van der Waals surface area contributed by atoms with Gasteiger partial charge in [-0.3, -0.25) is 10.1 Å². The fourth-order valence-electron chi connectivity index (χ4n) is 4.39. The Labute approximate surface area is 188 Å². The van der Waals surface area contributed by atoms with E-state index < -0.39 is 18.2 Å². The first-order chi connectivity index (χ1) is 15.1. The molecule has 0 radical (unpaired) electrons. The number of unbranched alkanes of at least 4 members (excludes halogenated alkanes) is 5. The number of carbonyl (C=O) groups excluding carboxylic acids is 2. The van der Waals surface area contributed by atoms with Crippen molar-refractivity contribution in [1.82, 2.24) is 10.6 Å². The van der Waals surface area contributed by atoms with E-state index >= 15 is 0 Å². The van der Waals surface area contributed by atoms with Gasteiger partial charge in [0, 0.05) is 0 Å². The predicted molar refractivity (Wildman–Crippen MR) is 126 cm³/mol. The molecule has 174 valence electrons. The summed E-state index contributed by atoms with van der Waals surface area (Å²) in [6.45, 7) is 4.53. The first-order valence-corrected chi connectivity index (χ1v) is 12.4. The molecule has 3 atom stereocenters. The van der Waals surface area contributed by atoms with Gasteiger partial charge in [-0.25, -0.2) is 4.79 Å². The molecule has 1 aromatic rings. The molecule has 1 aliphatic rings. The van der Waals surface area contributed by atoms with E-state index in [0.29, 0.717) is 0 Å². The number of carbonyl (C=O) groups is 2. The third-order valence-electron chi connectivity index (χ3n) is 6.19. The Balaban J connectivity index is 1.87. The zero-order valence-electron chi connectivity index (χ0n) is 19.5. The second kappa shape index (κ2) is 15.0. The van der Waals surface area contributed by atoms with Crippen LogP contribution in [0.15, 0.2) is 30.3 Å². The van der Waals surface area contributed by atoms with Crippen LogP contribution in [0.25, 0.3) is 0 Å². The molecule has 0 aliphatic carbocycles. The van der Waals surface area contributed by atoms with Crippen LogP contribution < -0.4 is 10.6 Å². The molecule has 1 saturated heterocycles. The SMILES string of the molecule is CCCCCCC(CCCCC)CCCC(Cc1ccccc1)OC1NC(=O)NC1=O. The Hall–Kier alpha value is -1.88. The summed E-state index contributed by atoms with van der Waals surface area (Å²) >= 11 is 0. The zero-order chi connectivity index (χ0) is 22.3. The standard InChI is InChI=1S/C26H42N2O3/c1-3-5-7-10-15-21(14-9-6-4-2)18-13-19-23(20-22-16-11-8-12-17-22)31-25-24(29)27-26(30)28-25/h8,11-12,16-17,21,23,25H,3-7,9-10,13-15,18-20H2,1-2H3,(H2,27,28,29,30). The second-order valence-corrected chi connectivity index (χ2v) is 8.93. The molecule has 0 spiro atoms. The van der Waals surface area contributed by atoms with Gasteiger partial charge in [0.15, 0.2) is 0 Å². The molecular weight excluding hydrogens is 388 g/mol. The molecule has 3 unspecified atom stereocenters. The number of hydrogen-bond donors (Lipinski definition) is 2. The first-order valence-electron chi connectivity index (χ1n) is 12.4. The zero-order valence-corrected chi connectivity index (χ0v) is 19.5. The third-order valence-corrected chi connectivity index (χ3v) is 6.19. The van der Waals surface area contributed by atoms with Gasteiger partial charge in [-0.05, 0) is 24.3 Å². The lowest BCUT2D eigenvalue weighted by Gasteiger charge is -2.22. The predicted octanol–water partition coefficient (Wildman–Crippen LogP) is 6.12. The van der Waals surface area contributed by atoms with Crippen LogP contribution in [0, 0.1) is 5.92 Å². The van der Waals surface area contributed by atoms with Crippen LogP contribution in [0.1, 0.15) is 96.5 Å². The van der Waals surface area contributed by atoms with E-state index in [1.54, 1.807) is 0 Å². The van der Waals surface area contributed by atoms with E-state index in [-0.39, 0.29) is 6.10 Å². The van der Waals surface area contributed by atoms with Gasteiger partial charge in [0.25, 0.3) is 5.91 Å². The number of imide groups is 1. The molecule has 0 bridgehead atoms. The monoisotopic (exact) mass is 430 g/mol. The first kappa shape index (κ1) is 25.4. The third kappa shape index (κ3) is 10.3. The summed E-state index contributed by atoms with van der Waals surface area (Å²) in [4.78, 5) is 23.4. The highest BCUT2D eigenvalue weighted by Gasteiger charge is 2.32. The molecule has 1 aliphatic heterocycles. The summed E-state index contributed by atoms with van der Waals surface area (Å²) in [7, 11) is 0. The van der Waals surface area contributed by atoms with Gasteiger partial charge in [0.1, 0.15) is 0 Å². The van der Waals surface area contributed by atoms with Crippen molar-refractivity contribution >= 4 is 11.9 Å². The molecule has 0 aromatic heterocycles. The smallest absolute Gasteiger partial charge is 0.323 e. The normalized spacial score (nSPS) is 17.9. The topological polar surface area (TPSA) is 67.4 Å². The van der Waals surface area contributed by atoms with E-state index in [1.807, 2.05) is 18.2 Å². The van der Waals surface area contributed by atoms with E-state index in [1.165, 1.54) is 69.8 Å². The molecule has 31 heavy (non-hydrogen) atoms. The molecule has 3 amide bonds. The van der Waals surface area contributed by atoms with Gasteiger partial charge in [-0.15, -0.1) is 0 Å². The van der Waals surface area contributed by atoms with Gasteiger partial charge in [0.05, 0.1) is 6.10 Å². The number of amides is 3. The maximum atomic E-state index is 12.0. The van der Waals surface area contributed by atoms with Gasteiger partial charge < -0.3 is 10.1 Å². The van der Waals surface area contributed by atoms with Crippen molar-refractivity contribution in [1.29, 1.82) is 0 Å². The van der Waals surface area contributed by atoms with Crippen molar-refractivity contribution in [2.45, 2.75) is 110 Å². The quantitative estimate of drug-likeness (QED) is 0.231. The van der Waals surface area contributed by atoms with Crippen LogP contribution in [0.2, 0.25) is 0 Å². The number of benzene rings is 1. The van der Waals surface area contributed by atoms with Crippen molar-refractivity contribution < 1.29 is 14.3 Å². The summed E-state index contributed by atoms with van der Waals surface area (Å²) in [5.41, 5.74) is 1.19. The highest BCUT2D eigenvalue weighted by molar-refractivity contribution is 6.03. The molecule has 0 saturated carbocycles. The number of nitrogens with one attached hydrogen (secondary N) is 2. The molecule has 1 aromatic carbocycles. The Kier molecular flexibility index (Phi) is 12.3. The molecule has 1 fully saturated rings. The largest absolute Gasteiger partial charge is 0.346 e. The lowest BCUT2D eigenvalue weighted by atomic mass is 9.89. The van der Waals surface area contributed by atoms with E-state index in [0.717, 1.165) is 25.2 Å². The van der Waals surface area contributed by atoms with Gasteiger partial charge in [-0.2, -0.15) is 0 Å². The molecule has 1 heterocycles. The summed E-state index contributed by atoms with van der Waals surface area (Å²) in [5.74, 6) is 0.395. The van der Waals surface area contributed by atoms with Crippen LogP contribution >= 0.6 is 0 Å². The maximum Gasteiger partial charge on any atom is 0.323 e. The number of rotatable bonds is 17. The summed E-state index contributed by atoms with van der Waals surface area (Å²) in [5, 5.41) is 4.83. The van der Waals surface area contributed by atoms with E-state index in [2.05, 4.69) is 36.6 Å². The fraction of sp³-hybridized carbons (Fsp3) is 0.692. The summed E-state index contributed by atoms with van der Waals surface area (Å²) < 4.78 is 6.05. The fourth-order valence-corrected chi connectivity index (χ4v) is 4.39. The van der Waals surface area contributed by atoms with Crippen LogP contribution in [-0.4, -0.2) is 24.3 Å². The van der Waals surface area contributed by atoms with Crippen LogP contribution in [-0.2, 0) is 16.0 Å². The van der Waals surface area contributed by atoms with Crippen LogP contribution in [0.3, 0.4) is 0 Å². The Morgan fingerprint density at radius 1 is 0.839 bits per heavy atom. The number of ether oxygens (including phenoxy) is 1. The van der Waals surface area contributed by atoms with Crippen molar-refractivity contribution in [2.24, 2.45) is 5.92 Å². The Morgan fingerprint density at radius 2 is 1.48 bits per heavy atom. The lowest BCUT2D eigenvalue weighted by Crippen LogP contribution is -2.36. The van der Waals surface area contributed by atoms with Gasteiger partial charge in [0.2, 0.25) is 6.23 Å². The Morgan fingerprint density at radius 3 is 2.13 bits per heavy atom. The molecule has 2 N–H and O–H groups in total.